The topological polar surface area (TPSA) is 53.7 Å². The zero-order chi connectivity index (χ0) is 14.5. The molecule has 1 rings (SSSR count). The molecule has 0 heterocycles. The second-order valence-corrected chi connectivity index (χ2v) is 5.25. The number of hydrogen-bond donors (Lipinski definition) is 1. The molecule has 0 aliphatic heterocycles. The summed E-state index contributed by atoms with van der Waals surface area (Å²) in [6.07, 6.45) is 0.805. The molecule has 0 saturated heterocycles. The molecule has 4 heteroatoms. The van der Waals surface area contributed by atoms with Crippen LogP contribution in [0.15, 0.2) is 18.2 Å². The van der Waals surface area contributed by atoms with Gasteiger partial charge >= 0.3 is 0 Å². The zero-order valence-corrected chi connectivity index (χ0v) is 12.5. The van der Waals surface area contributed by atoms with Gasteiger partial charge in [-0.2, -0.15) is 0 Å². The summed E-state index contributed by atoms with van der Waals surface area (Å²) < 4.78 is 16.4. The molecule has 1 atom stereocenters. The summed E-state index contributed by atoms with van der Waals surface area (Å²) in [5, 5.41) is 0. The van der Waals surface area contributed by atoms with Crippen LogP contribution >= 0.6 is 0 Å². The highest BCUT2D eigenvalue weighted by atomic mass is 16.5. The molecule has 0 radical (unpaired) electrons. The van der Waals surface area contributed by atoms with Gasteiger partial charge in [0.1, 0.15) is 11.5 Å². The van der Waals surface area contributed by atoms with Gasteiger partial charge in [0.05, 0.1) is 19.3 Å². The fourth-order valence-electron chi connectivity index (χ4n) is 1.65. The molecule has 0 amide bonds. The van der Waals surface area contributed by atoms with Crippen molar-refractivity contribution in [1.29, 1.82) is 0 Å². The maximum Gasteiger partial charge on any atom is 0.127 e. The zero-order valence-electron chi connectivity index (χ0n) is 12.5. The third-order valence-corrected chi connectivity index (χ3v) is 3.23. The average molecular weight is 267 g/mol. The van der Waals surface area contributed by atoms with Crippen molar-refractivity contribution in [2.24, 2.45) is 5.73 Å². The normalized spacial score (nSPS) is 13.2. The minimum Gasteiger partial charge on any atom is -0.497 e. The molecular formula is C15H25NO3. The van der Waals surface area contributed by atoms with Crippen LogP contribution in [-0.4, -0.2) is 26.4 Å². The Morgan fingerprint density at radius 1 is 1.26 bits per heavy atom. The smallest absolute Gasteiger partial charge is 0.127 e. The van der Waals surface area contributed by atoms with E-state index in [1.807, 2.05) is 39.0 Å². The van der Waals surface area contributed by atoms with E-state index in [-0.39, 0.29) is 11.6 Å². The Morgan fingerprint density at radius 3 is 2.47 bits per heavy atom. The molecule has 0 fully saturated rings. The van der Waals surface area contributed by atoms with E-state index in [1.54, 1.807) is 14.2 Å². The van der Waals surface area contributed by atoms with Crippen molar-refractivity contribution in [3.63, 3.8) is 0 Å². The van der Waals surface area contributed by atoms with Crippen molar-refractivity contribution in [2.75, 3.05) is 20.8 Å². The fourth-order valence-corrected chi connectivity index (χ4v) is 1.65. The van der Waals surface area contributed by atoms with Crippen LogP contribution in [0.4, 0.5) is 0 Å². The van der Waals surface area contributed by atoms with Gasteiger partial charge in [0.2, 0.25) is 0 Å². The number of methoxy groups -OCH3 is 2. The van der Waals surface area contributed by atoms with Gasteiger partial charge in [-0.1, -0.05) is 6.07 Å². The summed E-state index contributed by atoms with van der Waals surface area (Å²) in [5.74, 6) is 1.55. The van der Waals surface area contributed by atoms with Crippen LogP contribution in [0.3, 0.4) is 0 Å². The van der Waals surface area contributed by atoms with Crippen LogP contribution in [-0.2, 0) is 4.74 Å². The van der Waals surface area contributed by atoms with Gasteiger partial charge < -0.3 is 19.9 Å². The van der Waals surface area contributed by atoms with E-state index < -0.39 is 0 Å². The summed E-state index contributed by atoms with van der Waals surface area (Å²) in [4.78, 5) is 0. The molecule has 0 aliphatic carbocycles. The third kappa shape index (κ3) is 4.73. The molecule has 0 aliphatic rings. The molecule has 0 spiro atoms. The summed E-state index contributed by atoms with van der Waals surface area (Å²) in [6, 6.07) is 5.64. The summed E-state index contributed by atoms with van der Waals surface area (Å²) in [5.41, 5.74) is 6.74. The Kier molecular flexibility index (Phi) is 5.63. The lowest BCUT2D eigenvalue weighted by molar-refractivity contribution is 0.00535. The maximum absolute atomic E-state index is 5.94. The van der Waals surface area contributed by atoms with E-state index in [2.05, 4.69) is 0 Å². The Hall–Kier alpha value is -1.26. The average Bonchev–Trinajstić information content (AvgIpc) is 2.38. The molecule has 1 aromatic rings. The number of nitrogens with two attached hydrogens (primary N) is 1. The Labute approximate surface area is 115 Å². The van der Waals surface area contributed by atoms with Crippen LogP contribution in [0.25, 0.3) is 0 Å². The highest BCUT2D eigenvalue weighted by Crippen LogP contribution is 2.29. The highest BCUT2D eigenvalue weighted by Gasteiger charge is 2.17. The van der Waals surface area contributed by atoms with Crippen LogP contribution in [0.5, 0.6) is 11.5 Å². The molecule has 0 aromatic heterocycles. The number of benzene rings is 1. The molecule has 2 N–H and O–H groups in total. The molecule has 4 nitrogen and oxygen atoms in total. The van der Waals surface area contributed by atoms with E-state index in [1.165, 1.54) is 0 Å². The van der Waals surface area contributed by atoms with E-state index in [9.17, 15) is 0 Å². The van der Waals surface area contributed by atoms with Gasteiger partial charge in [0, 0.05) is 31.2 Å². The molecule has 0 saturated carbocycles. The summed E-state index contributed by atoms with van der Waals surface area (Å²) >= 11 is 0. The minimum atomic E-state index is -0.187. The van der Waals surface area contributed by atoms with Gasteiger partial charge in [0.25, 0.3) is 0 Å². The molecular weight excluding hydrogens is 242 g/mol. The first-order valence-electron chi connectivity index (χ1n) is 6.51. The van der Waals surface area contributed by atoms with Crippen LogP contribution in [0, 0.1) is 0 Å². The summed E-state index contributed by atoms with van der Waals surface area (Å²) in [6.45, 7) is 6.59. The lowest BCUT2D eigenvalue weighted by atomic mass is 10.1. The second-order valence-electron chi connectivity index (χ2n) is 5.25. The maximum atomic E-state index is 5.94. The molecule has 108 valence electrons. The predicted molar refractivity (Wildman–Crippen MR) is 76.8 cm³/mol. The van der Waals surface area contributed by atoms with Gasteiger partial charge in [0.15, 0.2) is 0 Å². The first-order chi connectivity index (χ1) is 8.89. The molecule has 0 bridgehead atoms. The lowest BCUT2D eigenvalue weighted by Gasteiger charge is -2.23. The van der Waals surface area contributed by atoms with Crippen molar-refractivity contribution in [2.45, 2.75) is 38.8 Å². The molecule has 19 heavy (non-hydrogen) atoms. The molecule has 0 unspecified atom stereocenters. The first kappa shape index (κ1) is 15.8. The number of hydrogen-bond acceptors (Lipinski definition) is 4. The summed E-state index contributed by atoms with van der Waals surface area (Å²) in [7, 11) is 3.34. The van der Waals surface area contributed by atoms with Crippen LogP contribution in [0.1, 0.15) is 38.8 Å². The van der Waals surface area contributed by atoms with Crippen molar-refractivity contribution < 1.29 is 14.2 Å². The van der Waals surface area contributed by atoms with Gasteiger partial charge in [-0.3, -0.25) is 0 Å². The number of rotatable bonds is 7. The third-order valence-electron chi connectivity index (χ3n) is 3.23. The van der Waals surface area contributed by atoms with Crippen molar-refractivity contribution in [3.8, 4) is 11.5 Å². The van der Waals surface area contributed by atoms with Gasteiger partial charge in [-0.25, -0.2) is 0 Å². The monoisotopic (exact) mass is 267 g/mol. The SMILES string of the molecule is COc1ccc([C@@H](C)N)c(OCCC(C)(C)OC)c1. The second kappa shape index (κ2) is 6.78. The Morgan fingerprint density at radius 2 is 1.95 bits per heavy atom. The minimum absolute atomic E-state index is 0.0728. The Bertz CT molecular complexity index is 402. The predicted octanol–water partition coefficient (Wildman–Crippen LogP) is 2.91. The van der Waals surface area contributed by atoms with Crippen LogP contribution in [0.2, 0.25) is 0 Å². The van der Waals surface area contributed by atoms with E-state index in [0.717, 1.165) is 23.5 Å². The van der Waals surface area contributed by atoms with Crippen molar-refractivity contribution >= 4 is 0 Å². The van der Waals surface area contributed by atoms with Gasteiger partial charge in [-0.05, 0) is 26.8 Å². The van der Waals surface area contributed by atoms with E-state index >= 15 is 0 Å². The quantitative estimate of drug-likeness (QED) is 0.825. The van der Waals surface area contributed by atoms with Crippen molar-refractivity contribution in [1.82, 2.24) is 0 Å². The van der Waals surface area contributed by atoms with E-state index in [0.29, 0.717) is 6.61 Å². The standard InChI is InChI=1S/C15H25NO3/c1-11(16)13-7-6-12(17-4)10-14(13)19-9-8-15(2,3)18-5/h6-7,10-11H,8-9,16H2,1-5H3/t11-/m1/s1. The largest absolute Gasteiger partial charge is 0.497 e. The Balaban J connectivity index is 2.75. The van der Waals surface area contributed by atoms with Crippen molar-refractivity contribution in [3.05, 3.63) is 23.8 Å². The highest BCUT2D eigenvalue weighted by molar-refractivity contribution is 5.42. The number of ether oxygens (including phenoxy) is 3. The van der Waals surface area contributed by atoms with Gasteiger partial charge in [-0.15, -0.1) is 0 Å². The first-order valence-corrected chi connectivity index (χ1v) is 6.51. The van der Waals surface area contributed by atoms with Crippen LogP contribution < -0.4 is 15.2 Å². The fraction of sp³-hybridized carbons (Fsp3) is 0.600. The van der Waals surface area contributed by atoms with E-state index in [4.69, 9.17) is 19.9 Å². The lowest BCUT2D eigenvalue weighted by Crippen LogP contribution is -2.25. The molecule has 1 aromatic carbocycles.